The van der Waals surface area contributed by atoms with E-state index in [1.165, 1.54) is 0 Å². The summed E-state index contributed by atoms with van der Waals surface area (Å²) in [5.74, 6) is -0.235. The Labute approximate surface area is 252 Å². The van der Waals surface area contributed by atoms with Gasteiger partial charge in [0, 0.05) is 17.5 Å². The normalized spacial score (nSPS) is 13.7. The van der Waals surface area contributed by atoms with Crippen molar-refractivity contribution in [3.8, 4) is 0 Å². The first-order valence-corrected chi connectivity index (χ1v) is 15.2. The molecule has 0 fully saturated rings. The first kappa shape index (κ1) is 34.2. The highest BCUT2D eigenvalue weighted by molar-refractivity contribution is 7.80. The molecule has 0 radical (unpaired) electrons. The van der Waals surface area contributed by atoms with Crippen LogP contribution in [0.3, 0.4) is 0 Å². The number of carbonyl (C=O) groups excluding carboxylic acids is 3. The van der Waals surface area contributed by atoms with E-state index in [-0.39, 0.29) is 23.6 Å². The van der Waals surface area contributed by atoms with Crippen molar-refractivity contribution in [2.45, 2.75) is 105 Å². The maximum Gasteiger partial charge on any atom is 0.408 e. The summed E-state index contributed by atoms with van der Waals surface area (Å²) in [6.45, 7) is 17.5. The van der Waals surface area contributed by atoms with Gasteiger partial charge in [0.05, 0.1) is 0 Å². The minimum atomic E-state index is -0.986. The number of nitrogens with one attached hydrogen (secondary N) is 2. The Morgan fingerprint density at radius 2 is 1.54 bits per heavy atom. The molecule has 0 saturated carbocycles. The molecule has 7 nitrogen and oxygen atoms in total. The van der Waals surface area contributed by atoms with Gasteiger partial charge in [-0.25, -0.2) is 4.79 Å². The summed E-state index contributed by atoms with van der Waals surface area (Å²) < 4.78 is 5.43. The summed E-state index contributed by atoms with van der Waals surface area (Å²) in [5, 5.41) is 5.82. The monoisotopic (exact) mass is 583 g/mol. The Morgan fingerprint density at radius 1 is 0.951 bits per heavy atom. The van der Waals surface area contributed by atoms with Crippen LogP contribution in [0.15, 0.2) is 42.5 Å². The number of carbonyl (C=O) groups is 3. The molecule has 3 amide bonds. The van der Waals surface area contributed by atoms with Crippen molar-refractivity contribution in [2.24, 2.45) is 5.92 Å². The molecule has 0 spiro atoms. The fraction of sp³-hybridized carbons (Fsp3) is 0.545. The van der Waals surface area contributed by atoms with Crippen molar-refractivity contribution in [3.63, 3.8) is 0 Å². The zero-order valence-electron chi connectivity index (χ0n) is 26.2. The molecule has 0 aliphatic rings. The Hall–Kier alpha value is -3.00. The van der Waals surface area contributed by atoms with Crippen molar-refractivity contribution >= 4 is 36.2 Å². The van der Waals surface area contributed by atoms with Gasteiger partial charge in [0.25, 0.3) is 5.91 Å². The highest BCUT2D eigenvalue weighted by Crippen LogP contribution is 2.30. The van der Waals surface area contributed by atoms with Crippen LogP contribution < -0.4 is 10.6 Å². The van der Waals surface area contributed by atoms with Crippen LogP contribution in [-0.4, -0.2) is 46.2 Å². The average molecular weight is 584 g/mol. The van der Waals surface area contributed by atoms with Crippen LogP contribution in [-0.2, 0) is 20.7 Å². The zero-order valence-corrected chi connectivity index (χ0v) is 27.1. The number of aryl methyl sites for hydroxylation is 3. The van der Waals surface area contributed by atoms with Crippen molar-refractivity contribution in [1.29, 1.82) is 0 Å². The molecule has 41 heavy (non-hydrogen) atoms. The van der Waals surface area contributed by atoms with Gasteiger partial charge in [-0.1, -0.05) is 63.2 Å². The standard InChI is InChI=1S/C33H49N3O4S/c1-10-25-16-18-26(19-17-25)29(30(37)35-28-22(4)12-11-13-23(28)5)36(24(6)15-14-21(2)3)31(38)27(20-41)34-32(39)40-33(7,8)9/h11-13,16-19,21,24,27,29,41H,10,14-15,20H2,1-9H3,(H,34,39)(H,35,37). The number of amides is 3. The van der Waals surface area contributed by atoms with Crippen LogP contribution in [0.25, 0.3) is 0 Å². The van der Waals surface area contributed by atoms with Gasteiger partial charge in [-0.15, -0.1) is 0 Å². The van der Waals surface area contributed by atoms with E-state index >= 15 is 0 Å². The Morgan fingerprint density at radius 3 is 2.02 bits per heavy atom. The quantitative estimate of drug-likeness (QED) is 0.234. The summed E-state index contributed by atoms with van der Waals surface area (Å²) in [4.78, 5) is 42.9. The predicted molar refractivity (Wildman–Crippen MR) is 170 cm³/mol. The number of hydrogen-bond acceptors (Lipinski definition) is 5. The molecule has 0 aliphatic heterocycles. The summed E-state index contributed by atoms with van der Waals surface area (Å²) in [6, 6.07) is 11.4. The molecule has 3 atom stereocenters. The van der Waals surface area contributed by atoms with Crippen LogP contribution in [0.2, 0.25) is 0 Å². The number of ether oxygens (including phenoxy) is 1. The second-order valence-corrected chi connectivity index (χ2v) is 12.6. The first-order chi connectivity index (χ1) is 19.2. The molecule has 3 unspecified atom stereocenters. The molecule has 0 bridgehead atoms. The third kappa shape index (κ3) is 10.1. The van der Waals surface area contributed by atoms with E-state index in [0.717, 1.165) is 35.2 Å². The molecule has 8 heteroatoms. The van der Waals surface area contributed by atoms with Crippen LogP contribution in [0.1, 0.15) is 89.6 Å². The fourth-order valence-electron chi connectivity index (χ4n) is 4.70. The van der Waals surface area contributed by atoms with Gasteiger partial charge in [0.15, 0.2) is 0 Å². The van der Waals surface area contributed by atoms with Crippen LogP contribution in [0.4, 0.5) is 10.5 Å². The van der Waals surface area contributed by atoms with Gasteiger partial charge in [-0.3, -0.25) is 9.59 Å². The number of anilines is 1. The molecule has 2 aromatic rings. The lowest BCUT2D eigenvalue weighted by Crippen LogP contribution is -2.55. The van der Waals surface area contributed by atoms with Crippen LogP contribution >= 0.6 is 12.6 Å². The smallest absolute Gasteiger partial charge is 0.408 e. The zero-order chi connectivity index (χ0) is 30.9. The summed E-state index contributed by atoms with van der Waals surface area (Å²) in [5.41, 5.74) is 3.70. The average Bonchev–Trinajstić information content (AvgIpc) is 2.89. The summed E-state index contributed by atoms with van der Waals surface area (Å²) in [6.07, 6.45) is 1.71. The van der Waals surface area contributed by atoms with Gasteiger partial charge < -0.3 is 20.3 Å². The lowest BCUT2D eigenvalue weighted by Gasteiger charge is -2.38. The van der Waals surface area contributed by atoms with Crippen molar-refractivity contribution in [1.82, 2.24) is 10.2 Å². The van der Waals surface area contributed by atoms with E-state index in [1.807, 2.05) is 63.2 Å². The molecule has 2 N–H and O–H groups in total. The van der Waals surface area contributed by atoms with E-state index in [4.69, 9.17) is 4.74 Å². The molecule has 2 aromatic carbocycles. The number of hydrogen-bond donors (Lipinski definition) is 3. The minimum absolute atomic E-state index is 0.0471. The summed E-state index contributed by atoms with van der Waals surface area (Å²) >= 11 is 4.41. The topological polar surface area (TPSA) is 87.7 Å². The fourth-order valence-corrected chi connectivity index (χ4v) is 4.95. The van der Waals surface area contributed by atoms with Crippen molar-refractivity contribution in [2.75, 3.05) is 11.1 Å². The maximum atomic E-state index is 14.3. The maximum absolute atomic E-state index is 14.3. The van der Waals surface area contributed by atoms with Gasteiger partial charge >= 0.3 is 6.09 Å². The minimum Gasteiger partial charge on any atom is -0.444 e. The Balaban J connectivity index is 2.62. The number of para-hydroxylation sites is 1. The number of nitrogens with zero attached hydrogens (tertiary/aromatic N) is 1. The third-order valence-corrected chi connectivity index (χ3v) is 7.39. The third-order valence-electron chi connectivity index (χ3n) is 7.02. The highest BCUT2D eigenvalue weighted by Gasteiger charge is 2.38. The lowest BCUT2D eigenvalue weighted by atomic mass is 9.96. The molecule has 0 saturated heterocycles. The number of benzene rings is 2. The van der Waals surface area contributed by atoms with Crippen molar-refractivity contribution < 1.29 is 19.1 Å². The number of alkyl carbamates (subject to hydrolysis) is 1. The SMILES string of the molecule is CCc1ccc(C(C(=O)Nc2c(C)cccc2C)N(C(=O)C(CS)NC(=O)OC(C)(C)C)C(C)CCC(C)C)cc1. The largest absolute Gasteiger partial charge is 0.444 e. The molecular formula is C33H49N3O4S. The van der Waals surface area contributed by atoms with Gasteiger partial charge in [-0.2, -0.15) is 12.6 Å². The molecule has 0 heterocycles. The van der Waals surface area contributed by atoms with Gasteiger partial charge in [0.1, 0.15) is 17.7 Å². The van der Waals surface area contributed by atoms with E-state index in [1.54, 1.807) is 25.7 Å². The molecule has 0 aromatic heterocycles. The van der Waals surface area contributed by atoms with E-state index in [9.17, 15) is 14.4 Å². The Kier molecular flexibility index (Phi) is 12.8. The van der Waals surface area contributed by atoms with Crippen LogP contribution in [0, 0.1) is 19.8 Å². The number of rotatable bonds is 12. The summed E-state index contributed by atoms with van der Waals surface area (Å²) in [7, 11) is 0. The lowest BCUT2D eigenvalue weighted by molar-refractivity contribution is -0.143. The van der Waals surface area contributed by atoms with Gasteiger partial charge in [0.2, 0.25) is 5.91 Å². The molecular weight excluding hydrogens is 534 g/mol. The molecule has 0 aliphatic carbocycles. The van der Waals surface area contributed by atoms with Crippen LogP contribution in [0.5, 0.6) is 0 Å². The van der Waals surface area contributed by atoms with E-state index in [2.05, 4.69) is 44.0 Å². The van der Waals surface area contributed by atoms with E-state index in [0.29, 0.717) is 17.9 Å². The number of thiol groups is 1. The van der Waals surface area contributed by atoms with Gasteiger partial charge in [-0.05, 0) is 89.0 Å². The second kappa shape index (κ2) is 15.3. The van der Waals surface area contributed by atoms with Crippen molar-refractivity contribution in [3.05, 3.63) is 64.7 Å². The highest BCUT2D eigenvalue weighted by atomic mass is 32.1. The second-order valence-electron chi connectivity index (χ2n) is 12.2. The predicted octanol–water partition coefficient (Wildman–Crippen LogP) is 7.02. The van der Waals surface area contributed by atoms with E-state index < -0.39 is 23.8 Å². The Bertz CT molecular complexity index is 1150. The molecule has 226 valence electrons. The molecule has 2 rings (SSSR count). The first-order valence-electron chi connectivity index (χ1n) is 14.6.